The summed E-state index contributed by atoms with van der Waals surface area (Å²) in [7, 11) is 0. The normalized spacial score (nSPS) is 10.8. The lowest BCUT2D eigenvalue weighted by molar-refractivity contribution is 0.755. The molecule has 0 amide bonds. The van der Waals surface area contributed by atoms with Crippen molar-refractivity contribution in [2.24, 2.45) is 0 Å². The number of benzene rings is 1. The zero-order valence-electron chi connectivity index (χ0n) is 8.78. The maximum Gasteiger partial charge on any atom is 0.253 e. The van der Waals surface area contributed by atoms with Gasteiger partial charge in [-0.05, 0) is 5.56 Å². The lowest BCUT2D eigenvalue weighted by Gasteiger charge is -1.98. The summed E-state index contributed by atoms with van der Waals surface area (Å²) in [5.74, 6) is 0. The molecule has 3 nitrogen and oxygen atoms in total. The van der Waals surface area contributed by atoms with Crippen molar-refractivity contribution in [3.63, 3.8) is 0 Å². The smallest absolute Gasteiger partial charge is 0.253 e. The minimum Gasteiger partial charge on any atom is -0.295 e. The molecular weight excluding hydrogens is 200 g/mol. The van der Waals surface area contributed by atoms with Crippen LogP contribution < -0.4 is 5.56 Å². The van der Waals surface area contributed by atoms with Gasteiger partial charge in [-0.1, -0.05) is 42.5 Å². The van der Waals surface area contributed by atoms with Crippen LogP contribution in [-0.4, -0.2) is 9.55 Å². The molecule has 80 valence electrons. The Hall–Kier alpha value is -2.16. The summed E-state index contributed by atoms with van der Waals surface area (Å²) in [4.78, 5) is 15.3. The number of rotatable bonds is 3. The van der Waals surface area contributed by atoms with E-state index < -0.39 is 0 Å². The van der Waals surface area contributed by atoms with E-state index in [0.717, 1.165) is 5.56 Å². The minimum absolute atomic E-state index is 0.0345. The number of nitrogens with zero attached hydrogens (tertiary/aromatic N) is 2. The van der Waals surface area contributed by atoms with E-state index in [-0.39, 0.29) is 5.56 Å². The Kier molecular flexibility index (Phi) is 3.28. The summed E-state index contributed by atoms with van der Waals surface area (Å²) in [6, 6.07) is 11.4. The molecule has 0 saturated heterocycles. The van der Waals surface area contributed by atoms with Crippen molar-refractivity contribution in [3.05, 3.63) is 70.9 Å². The van der Waals surface area contributed by atoms with Crippen molar-refractivity contribution in [3.8, 4) is 0 Å². The molecule has 0 bridgehead atoms. The fraction of sp³-hybridized carbons (Fsp3) is 0.0769. The Morgan fingerprint density at radius 1 is 1.19 bits per heavy atom. The maximum atomic E-state index is 11.4. The van der Waals surface area contributed by atoms with Crippen LogP contribution in [0, 0.1) is 0 Å². The van der Waals surface area contributed by atoms with Crippen LogP contribution >= 0.6 is 0 Å². The number of hydrogen-bond donors (Lipinski definition) is 0. The predicted octanol–water partition coefficient (Wildman–Crippen LogP) is 1.96. The van der Waals surface area contributed by atoms with Crippen molar-refractivity contribution >= 4 is 6.08 Å². The van der Waals surface area contributed by atoms with Gasteiger partial charge < -0.3 is 0 Å². The summed E-state index contributed by atoms with van der Waals surface area (Å²) in [6.45, 7) is 0.543. The van der Waals surface area contributed by atoms with Gasteiger partial charge in [0, 0.05) is 18.8 Å². The second kappa shape index (κ2) is 5.07. The van der Waals surface area contributed by atoms with Crippen molar-refractivity contribution in [2.75, 3.05) is 0 Å². The summed E-state index contributed by atoms with van der Waals surface area (Å²) < 4.78 is 1.56. The standard InChI is InChI=1S/C13H12N2O/c16-13-8-9-14-11-15(13)10-4-7-12-5-2-1-3-6-12/h1-9,11H,10H2/b7-4+. The highest BCUT2D eigenvalue weighted by atomic mass is 16.1. The highest BCUT2D eigenvalue weighted by molar-refractivity contribution is 5.48. The molecule has 0 aliphatic heterocycles. The second-order valence-corrected chi connectivity index (χ2v) is 3.38. The van der Waals surface area contributed by atoms with Crippen LogP contribution in [0.2, 0.25) is 0 Å². The molecule has 0 saturated carbocycles. The van der Waals surface area contributed by atoms with Crippen LogP contribution in [0.25, 0.3) is 6.08 Å². The van der Waals surface area contributed by atoms with Crippen LogP contribution in [0.5, 0.6) is 0 Å². The zero-order valence-corrected chi connectivity index (χ0v) is 8.78. The van der Waals surface area contributed by atoms with Gasteiger partial charge in [0.15, 0.2) is 0 Å². The van der Waals surface area contributed by atoms with E-state index in [4.69, 9.17) is 0 Å². The van der Waals surface area contributed by atoms with Gasteiger partial charge in [-0.3, -0.25) is 9.36 Å². The van der Waals surface area contributed by atoms with Crippen molar-refractivity contribution in [2.45, 2.75) is 6.54 Å². The van der Waals surface area contributed by atoms with Gasteiger partial charge in [-0.15, -0.1) is 0 Å². The Bertz CT molecular complexity index is 529. The molecule has 0 aliphatic carbocycles. The number of hydrogen-bond acceptors (Lipinski definition) is 2. The quantitative estimate of drug-likeness (QED) is 0.779. The predicted molar refractivity (Wildman–Crippen MR) is 64.0 cm³/mol. The van der Waals surface area contributed by atoms with E-state index in [1.165, 1.54) is 18.6 Å². The van der Waals surface area contributed by atoms with Gasteiger partial charge in [0.25, 0.3) is 5.56 Å². The average molecular weight is 212 g/mol. The van der Waals surface area contributed by atoms with Gasteiger partial charge in [0.1, 0.15) is 0 Å². The molecule has 16 heavy (non-hydrogen) atoms. The summed E-state index contributed by atoms with van der Waals surface area (Å²) in [6.07, 6.45) is 6.97. The van der Waals surface area contributed by atoms with Crippen LogP contribution in [-0.2, 0) is 6.54 Å². The van der Waals surface area contributed by atoms with Gasteiger partial charge in [-0.25, -0.2) is 4.98 Å². The minimum atomic E-state index is -0.0345. The van der Waals surface area contributed by atoms with E-state index in [0.29, 0.717) is 6.54 Å². The molecule has 1 aromatic heterocycles. The van der Waals surface area contributed by atoms with Crippen LogP contribution in [0.3, 0.4) is 0 Å². The average Bonchev–Trinajstić information content (AvgIpc) is 2.33. The van der Waals surface area contributed by atoms with Gasteiger partial charge in [0.2, 0.25) is 0 Å². The van der Waals surface area contributed by atoms with Crippen LogP contribution in [0.4, 0.5) is 0 Å². The molecule has 0 N–H and O–H groups in total. The largest absolute Gasteiger partial charge is 0.295 e. The SMILES string of the molecule is O=c1ccncn1C/C=C/c1ccccc1. The topological polar surface area (TPSA) is 34.9 Å². The van der Waals surface area contributed by atoms with E-state index in [1.54, 1.807) is 4.57 Å². The first-order chi connectivity index (χ1) is 7.86. The summed E-state index contributed by atoms with van der Waals surface area (Å²) in [5, 5.41) is 0. The van der Waals surface area contributed by atoms with E-state index in [2.05, 4.69) is 4.98 Å². The molecule has 0 spiro atoms. The molecule has 2 rings (SSSR count). The molecule has 0 atom stereocenters. The third kappa shape index (κ3) is 2.67. The summed E-state index contributed by atoms with van der Waals surface area (Å²) >= 11 is 0. The fourth-order valence-corrected chi connectivity index (χ4v) is 1.38. The Balaban J connectivity index is 2.06. The van der Waals surface area contributed by atoms with Crippen molar-refractivity contribution in [1.29, 1.82) is 0 Å². The van der Waals surface area contributed by atoms with Crippen LogP contribution in [0.15, 0.2) is 59.8 Å². The first-order valence-electron chi connectivity index (χ1n) is 5.08. The highest BCUT2D eigenvalue weighted by Crippen LogP contribution is 2.00. The molecule has 0 radical (unpaired) electrons. The first-order valence-corrected chi connectivity index (χ1v) is 5.08. The number of allylic oxidation sites excluding steroid dienone is 1. The molecule has 1 aromatic carbocycles. The van der Waals surface area contributed by atoms with E-state index in [1.807, 2.05) is 42.5 Å². The molecule has 3 heteroatoms. The van der Waals surface area contributed by atoms with Gasteiger partial charge >= 0.3 is 0 Å². The second-order valence-electron chi connectivity index (χ2n) is 3.38. The van der Waals surface area contributed by atoms with Crippen molar-refractivity contribution < 1.29 is 0 Å². The maximum absolute atomic E-state index is 11.4. The number of aromatic nitrogens is 2. The summed E-state index contributed by atoms with van der Waals surface area (Å²) in [5.41, 5.74) is 1.09. The Morgan fingerprint density at radius 3 is 2.75 bits per heavy atom. The van der Waals surface area contributed by atoms with Crippen molar-refractivity contribution in [1.82, 2.24) is 9.55 Å². The third-order valence-electron chi connectivity index (χ3n) is 2.20. The molecule has 1 heterocycles. The highest BCUT2D eigenvalue weighted by Gasteiger charge is 1.90. The van der Waals surface area contributed by atoms with E-state index >= 15 is 0 Å². The molecule has 0 aliphatic rings. The van der Waals surface area contributed by atoms with Gasteiger partial charge in [-0.2, -0.15) is 0 Å². The van der Waals surface area contributed by atoms with E-state index in [9.17, 15) is 4.79 Å². The monoisotopic (exact) mass is 212 g/mol. The van der Waals surface area contributed by atoms with Crippen LogP contribution in [0.1, 0.15) is 5.56 Å². The zero-order chi connectivity index (χ0) is 11.2. The lowest BCUT2D eigenvalue weighted by Crippen LogP contribution is -2.17. The molecule has 0 fully saturated rings. The van der Waals surface area contributed by atoms with Gasteiger partial charge in [0.05, 0.1) is 6.33 Å². The fourth-order valence-electron chi connectivity index (χ4n) is 1.38. The lowest BCUT2D eigenvalue weighted by atomic mass is 10.2. The Morgan fingerprint density at radius 2 is 2.00 bits per heavy atom. The Labute approximate surface area is 93.7 Å². The molecule has 2 aromatic rings. The third-order valence-corrected chi connectivity index (χ3v) is 2.20. The molecular formula is C13H12N2O. The molecule has 0 unspecified atom stereocenters. The first kappa shape index (κ1) is 10.4.